The summed E-state index contributed by atoms with van der Waals surface area (Å²) >= 11 is 0. The molecule has 0 radical (unpaired) electrons. The van der Waals surface area contributed by atoms with Crippen molar-refractivity contribution in [3.63, 3.8) is 0 Å². The van der Waals surface area contributed by atoms with E-state index in [2.05, 4.69) is 25.4 Å². The molecule has 2 aromatic rings. The van der Waals surface area contributed by atoms with Crippen LogP contribution >= 0.6 is 0 Å². The SMILES string of the molecule is C[C@@H](NCc1nonc1C(N)=NO)c1ccccc1. The smallest absolute Gasteiger partial charge is 0.194 e. The van der Waals surface area contributed by atoms with Crippen molar-refractivity contribution in [2.45, 2.75) is 19.5 Å². The molecule has 1 aromatic carbocycles. The number of benzene rings is 1. The van der Waals surface area contributed by atoms with Crippen molar-refractivity contribution in [3.05, 3.63) is 47.3 Å². The van der Waals surface area contributed by atoms with E-state index in [1.165, 1.54) is 0 Å². The molecule has 7 heteroatoms. The first-order valence-electron chi connectivity index (χ1n) is 5.80. The van der Waals surface area contributed by atoms with Crippen LogP contribution in [-0.2, 0) is 6.54 Å². The number of oxime groups is 1. The largest absolute Gasteiger partial charge is 0.409 e. The normalized spacial score (nSPS) is 13.4. The Labute approximate surface area is 110 Å². The Morgan fingerprint density at radius 3 is 2.84 bits per heavy atom. The monoisotopic (exact) mass is 261 g/mol. The fourth-order valence-corrected chi connectivity index (χ4v) is 1.67. The Balaban J connectivity index is 2.02. The number of amidine groups is 1. The second-order valence-electron chi connectivity index (χ2n) is 4.06. The molecule has 1 atom stereocenters. The summed E-state index contributed by atoms with van der Waals surface area (Å²) in [4.78, 5) is 0. The van der Waals surface area contributed by atoms with Gasteiger partial charge in [0.25, 0.3) is 0 Å². The third-order valence-corrected chi connectivity index (χ3v) is 2.78. The second kappa shape index (κ2) is 5.96. The lowest BCUT2D eigenvalue weighted by molar-refractivity contribution is 0.299. The lowest BCUT2D eigenvalue weighted by atomic mass is 10.1. The summed E-state index contributed by atoms with van der Waals surface area (Å²) in [7, 11) is 0. The molecule has 7 nitrogen and oxygen atoms in total. The van der Waals surface area contributed by atoms with E-state index >= 15 is 0 Å². The first-order chi connectivity index (χ1) is 9.22. The zero-order valence-corrected chi connectivity index (χ0v) is 10.4. The third-order valence-electron chi connectivity index (χ3n) is 2.78. The molecule has 2 rings (SSSR count). The molecular weight excluding hydrogens is 246 g/mol. The molecule has 0 bridgehead atoms. The van der Waals surface area contributed by atoms with Gasteiger partial charge in [0, 0.05) is 12.6 Å². The van der Waals surface area contributed by atoms with E-state index in [1.807, 2.05) is 37.3 Å². The Bertz CT molecular complexity index is 552. The maximum Gasteiger partial charge on any atom is 0.194 e. The average Bonchev–Trinajstić information content (AvgIpc) is 2.93. The molecule has 0 aliphatic heterocycles. The van der Waals surface area contributed by atoms with E-state index in [1.54, 1.807) is 0 Å². The number of hydrogen-bond acceptors (Lipinski definition) is 6. The van der Waals surface area contributed by atoms with Gasteiger partial charge in [-0.1, -0.05) is 40.6 Å². The van der Waals surface area contributed by atoms with Crippen LogP contribution in [0.3, 0.4) is 0 Å². The molecule has 0 amide bonds. The fraction of sp³-hybridized carbons (Fsp3) is 0.250. The maximum absolute atomic E-state index is 8.62. The molecule has 1 heterocycles. The highest BCUT2D eigenvalue weighted by Gasteiger charge is 2.15. The number of nitrogens with one attached hydrogen (secondary N) is 1. The minimum Gasteiger partial charge on any atom is -0.409 e. The molecule has 0 spiro atoms. The zero-order chi connectivity index (χ0) is 13.7. The molecule has 0 unspecified atom stereocenters. The first kappa shape index (κ1) is 13.0. The quantitative estimate of drug-likeness (QED) is 0.321. The number of aromatic nitrogens is 2. The van der Waals surface area contributed by atoms with Gasteiger partial charge in [0.15, 0.2) is 11.5 Å². The molecule has 0 saturated carbocycles. The highest BCUT2D eigenvalue weighted by molar-refractivity contribution is 5.95. The molecule has 0 saturated heterocycles. The molecule has 0 aliphatic rings. The predicted molar refractivity (Wildman–Crippen MR) is 68.5 cm³/mol. The Morgan fingerprint density at radius 2 is 2.16 bits per heavy atom. The number of nitrogens with two attached hydrogens (primary N) is 1. The van der Waals surface area contributed by atoms with Gasteiger partial charge in [0.2, 0.25) is 0 Å². The van der Waals surface area contributed by atoms with Gasteiger partial charge in [0.05, 0.1) is 0 Å². The summed E-state index contributed by atoms with van der Waals surface area (Å²) in [6.45, 7) is 2.44. The number of rotatable bonds is 5. The van der Waals surface area contributed by atoms with Crippen molar-refractivity contribution >= 4 is 5.84 Å². The Morgan fingerprint density at radius 1 is 1.42 bits per heavy atom. The molecule has 0 fully saturated rings. The van der Waals surface area contributed by atoms with Crippen molar-refractivity contribution in [2.75, 3.05) is 0 Å². The van der Waals surface area contributed by atoms with Crippen LogP contribution in [0.5, 0.6) is 0 Å². The van der Waals surface area contributed by atoms with Crippen LogP contribution in [-0.4, -0.2) is 21.4 Å². The third kappa shape index (κ3) is 3.08. The average molecular weight is 261 g/mol. The van der Waals surface area contributed by atoms with Crippen LogP contribution in [0.2, 0.25) is 0 Å². The van der Waals surface area contributed by atoms with Gasteiger partial charge < -0.3 is 16.3 Å². The zero-order valence-electron chi connectivity index (χ0n) is 10.4. The fourth-order valence-electron chi connectivity index (χ4n) is 1.67. The maximum atomic E-state index is 8.62. The van der Waals surface area contributed by atoms with Crippen molar-refractivity contribution in [1.29, 1.82) is 0 Å². The van der Waals surface area contributed by atoms with Gasteiger partial charge in [-0.2, -0.15) is 0 Å². The summed E-state index contributed by atoms with van der Waals surface area (Å²) in [5, 5.41) is 22.1. The van der Waals surface area contributed by atoms with Crippen molar-refractivity contribution in [1.82, 2.24) is 15.6 Å². The van der Waals surface area contributed by atoms with Gasteiger partial charge in [0.1, 0.15) is 5.69 Å². The predicted octanol–water partition coefficient (Wildman–Crippen LogP) is 1.01. The van der Waals surface area contributed by atoms with E-state index in [9.17, 15) is 0 Å². The molecular formula is C12H15N5O2. The van der Waals surface area contributed by atoms with E-state index in [0.29, 0.717) is 12.2 Å². The van der Waals surface area contributed by atoms with Crippen LogP contribution < -0.4 is 11.1 Å². The van der Waals surface area contributed by atoms with Gasteiger partial charge >= 0.3 is 0 Å². The molecule has 4 N–H and O–H groups in total. The molecule has 0 aliphatic carbocycles. The van der Waals surface area contributed by atoms with Crippen LogP contribution in [0.15, 0.2) is 40.1 Å². The van der Waals surface area contributed by atoms with Gasteiger partial charge in [-0.25, -0.2) is 4.63 Å². The van der Waals surface area contributed by atoms with Crippen LogP contribution in [0.25, 0.3) is 0 Å². The van der Waals surface area contributed by atoms with Crippen LogP contribution in [0.1, 0.15) is 29.9 Å². The van der Waals surface area contributed by atoms with E-state index in [-0.39, 0.29) is 17.6 Å². The Kier molecular flexibility index (Phi) is 4.09. The summed E-state index contributed by atoms with van der Waals surface area (Å²) in [6, 6.07) is 10.1. The van der Waals surface area contributed by atoms with Crippen LogP contribution in [0, 0.1) is 0 Å². The highest BCUT2D eigenvalue weighted by Crippen LogP contribution is 2.12. The summed E-state index contributed by atoms with van der Waals surface area (Å²) in [6.07, 6.45) is 0. The molecule has 19 heavy (non-hydrogen) atoms. The van der Waals surface area contributed by atoms with Crippen molar-refractivity contribution in [2.24, 2.45) is 10.9 Å². The second-order valence-corrected chi connectivity index (χ2v) is 4.06. The van der Waals surface area contributed by atoms with E-state index < -0.39 is 0 Å². The van der Waals surface area contributed by atoms with Gasteiger partial charge in [-0.15, -0.1) is 0 Å². The summed E-state index contributed by atoms with van der Waals surface area (Å²) in [5.41, 5.74) is 7.37. The first-order valence-corrected chi connectivity index (χ1v) is 5.80. The van der Waals surface area contributed by atoms with E-state index in [4.69, 9.17) is 10.9 Å². The summed E-state index contributed by atoms with van der Waals surface area (Å²) < 4.78 is 4.59. The van der Waals surface area contributed by atoms with Crippen molar-refractivity contribution in [3.8, 4) is 0 Å². The number of hydrogen-bond donors (Lipinski definition) is 3. The van der Waals surface area contributed by atoms with Crippen molar-refractivity contribution < 1.29 is 9.84 Å². The topological polar surface area (TPSA) is 110 Å². The van der Waals surface area contributed by atoms with Gasteiger partial charge in [-0.3, -0.25) is 0 Å². The van der Waals surface area contributed by atoms with E-state index in [0.717, 1.165) is 5.56 Å². The van der Waals surface area contributed by atoms with Crippen LogP contribution in [0.4, 0.5) is 0 Å². The molecule has 1 aromatic heterocycles. The van der Waals surface area contributed by atoms with Gasteiger partial charge in [-0.05, 0) is 17.6 Å². The number of nitrogens with zero attached hydrogens (tertiary/aromatic N) is 3. The lowest BCUT2D eigenvalue weighted by Crippen LogP contribution is -2.22. The minimum atomic E-state index is -0.120. The summed E-state index contributed by atoms with van der Waals surface area (Å²) in [5.74, 6) is -0.120. The standard InChI is InChI=1S/C12H15N5O2/c1-8(9-5-3-2-4-6-9)14-7-10-11(12(13)15-18)17-19-16-10/h2-6,8,14,18H,7H2,1H3,(H2,13,15)/t8-/m1/s1. The highest BCUT2D eigenvalue weighted by atomic mass is 16.6. The Hall–Kier alpha value is -2.41. The lowest BCUT2D eigenvalue weighted by Gasteiger charge is -2.12. The minimum absolute atomic E-state index is 0.120. The molecule has 100 valence electrons.